The van der Waals surface area contributed by atoms with E-state index in [1.165, 1.54) is 0 Å². The van der Waals surface area contributed by atoms with Crippen LogP contribution in [-0.4, -0.2) is 30.9 Å². The first-order valence-electron chi connectivity index (χ1n) is 7.45. The summed E-state index contributed by atoms with van der Waals surface area (Å²) in [5.41, 5.74) is 1.11. The van der Waals surface area contributed by atoms with Crippen LogP contribution < -0.4 is 9.64 Å². The lowest BCUT2D eigenvalue weighted by Crippen LogP contribution is -2.35. The van der Waals surface area contributed by atoms with Crippen LogP contribution in [-0.2, 0) is 0 Å². The number of anilines is 1. The van der Waals surface area contributed by atoms with E-state index in [2.05, 4.69) is 17.0 Å². The number of hydrogen-bond donors (Lipinski definition) is 1. The molecule has 0 saturated carbocycles. The average Bonchev–Trinajstić information content (AvgIpc) is 2.55. The molecule has 0 aliphatic carbocycles. The van der Waals surface area contributed by atoms with Gasteiger partial charge in [-0.25, -0.2) is 0 Å². The van der Waals surface area contributed by atoms with E-state index in [0.717, 1.165) is 24.4 Å². The molecule has 0 aliphatic rings. The number of nitrogens with zero attached hydrogens (tertiary/aromatic N) is 1. The fraction of sp³-hybridized carbons (Fsp3) is 0.333. The van der Waals surface area contributed by atoms with Gasteiger partial charge in [-0.05, 0) is 30.7 Å². The highest BCUT2D eigenvalue weighted by Crippen LogP contribution is 2.15. The first-order valence-corrected chi connectivity index (χ1v) is 7.45. The largest absolute Gasteiger partial charge is 0.492 e. The summed E-state index contributed by atoms with van der Waals surface area (Å²) in [4.78, 5) is 2.16. The summed E-state index contributed by atoms with van der Waals surface area (Å²) in [6.07, 6.45) is 0.435. The van der Waals surface area contributed by atoms with Gasteiger partial charge in [0.1, 0.15) is 12.4 Å². The second kappa shape index (κ2) is 8.32. The summed E-state index contributed by atoms with van der Waals surface area (Å²) in [5.74, 6) is 0.876. The van der Waals surface area contributed by atoms with Crippen molar-refractivity contribution in [3.63, 3.8) is 0 Å². The van der Waals surface area contributed by atoms with Crippen molar-refractivity contribution in [2.24, 2.45) is 0 Å². The predicted octanol–water partition coefficient (Wildman–Crippen LogP) is 3.34. The highest BCUT2D eigenvalue weighted by molar-refractivity contribution is 5.46. The van der Waals surface area contributed by atoms with Crippen LogP contribution in [0.2, 0.25) is 0 Å². The third-order valence-electron chi connectivity index (χ3n) is 3.40. The van der Waals surface area contributed by atoms with Gasteiger partial charge < -0.3 is 14.7 Å². The first kappa shape index (κ1) is 15.4. The standard InChI is InChI=1S/C18H23NO2/c1-2-17(20)15-19(16-9-5-3-6-10-16)13-14-21-18-11-7-4-8-12-18/h3-12,17,20H,2,13-15H2,1H3. The van der Waals surface area contributed by atoms with Gasteiger partial charge in [-0.3, -0.25) is 0 Å². The van der Waals surface area contributed by atoms with E-state index in [4.69, 9.17) is 4.74 Å². The minimum Gasteiger partial charge on any atom is -0.492 e. The zero-order valence-corrected chi connectivity index (χ0v) is 12.5. The quantitative estimate of drug-likeness (QED) is 0.807. The smallest absolute Gasteiger partial charge is 0.119 e. The maximum atomic E-state index is 9.92. The van der Waals surface area contributed by atoms with Gasteiger partial charge in [0.05, 0.1) is 12.6 Å². The molecule has 21 heavy (non-hydrogen) atoms. The summed E-state index contributed by atoms with van der Waals surface area (Å²) in [7, 11) is 0. The minimum absolute atomic E-state index is 0.318. The van der Waals surface area contributed by atoms with Crippen molar-refractivity contribution >= 4 is 5.69 Å². The second-order valence-corrected chi connectivity index (χ2v) is 5.01. The Balaban J connectivity index is 1.93. The maximum absolute atomic E-state index is 9.92. The number of ether oxygens (including phenoxy) is 1. The fourth-order valence-electron chi connectivity index (χ4n) is 2.14. The summed E-state index contributed by atoms with van der Waals surface area (Å²) in [6, 6.07) is 19.9. The molecular formula is C18H23NO2. The molecule has 0 heterocycles. The molecule has 0 aromatic heterocycles. The normalized spacial score (nSPS) is 11.9. The predicted molar refractivity (Wildman–Crippen MR) is 86.9 cm³/mol. The molecule has 1 N–H and O–H groups in total. The van der Waals surface area contributed by atoms with E-state index in [1.807, 2.05) is 55.5 Å². The van der Waals surface area contributed by atoms with Crippen molar-refractivity contribution in [1.82, 2.24) is 0 Å². The van der Waals surface area contributed by atoms with E-state index in [-0.39, 0.29) is 6.10 Å². The number of hydrogen-bond acceptors (Lipinski definition) is 3. The van der Waals surface area contributed by atoms with Gasteiger partial charge in [-0.15, -0.1) is 0 Å². The molecular weight excluding hydrogens is 262 g/mol. The molecule has 2 aromatic rings. The lowest BCUT2D eigenvalue weighted by atomic mass is 10.2. The van der Waals surface area contributed by atoms with Crippen LogP contribution in [0, 0.1) is 0 Å². The highest BCUT2D eigenvalue weighted by atomic mass is 16.5. The third kappa shape index (κ3) is 5.12. The van der Waals surface area contributed by atoms with Crippen molar-refractivity contribution in [2.45, 2.75) is 19.4 Å². The molecule has 3 nitrogen and oxygen atoms in total. The van der Waals surface area contributed by atoms with Gasteiger partial charge in [0, 0.05) is 12.2 Å². The SMILES string of the molecule is CCC(O)CN(CCOc1ccccc1)c1ccccc1. The van der Waals surface area contributed by atoms with Crippen LogP contribution >= 0.6 is 0 Å². The lowest BCUT2D eigenvalue weighted by molar-refractivity contribution is 0.174. The molecule has 0 aliphatic heterocycles. The summed E-state index contributed by atoms with van der Waals surface area (Å²) in [5, 5.41) is 9.92. The van der Waals surface area contributed by atoms with Crippen molar-refractivity contribution < 1.29 is 9.84 Å². The average molecular weight is 285 g/mol. The second-order valence-electron chi connectivity index (χ2n) is 5.01. The molecule has 1 unspecified atom stereocenters. The van der Waals surface area contributed by atoms with Gasteiger partial charge in [-0.2, -0.15) is 0 Å². The Morgan fingerprint density at radius 2 is 1.62 bits per heavy atom. The summed E-state index contributed by atoms with van der Waals surface area (Å²) >= 11 is 0. The van der Waals surface area contributed by atoms with Gasteiger partial charge in [0.25, 0.3) is 0 Å². The molecule has 2 rings (SSSR count). The molecule has 0 amide bonds. The van der Waals surface area contributed by atoms with Crippen molar-refractivity contribution in [2.75, 3.05) is 24.6 Å². The number of aliphatic hydroxyl groups excluding tert-OH is 1. The Bertz CT molecular complexity index is 501. The molecule has 1 atom stereocenters. The summed E-state index contributed by atoms with van der Waals surface area (Å²) < 4.78 is 5.75. The molecule has 0 bridgehead atoms. The molecule has 0 spiro atoms. The molecule has 0 saturated heterocycles. The molecule has 112 valence electrons. The number of para-hydroxylation sites is 2. The van der Waals surface area contributed by atoms with E-state index in [1.54, 1.807) is 0 Å². The zero-order valence-electron chi connectivity index (χ0n) is 12.5. The van der Waals surface area contributed by atoms with Crippen LogP contribution in [0.15, 0.2) is 60.7 Å². The number of rotatable bonds is 8. The van der Waals surface area contributed by atoms with E-state index in [0.29, 0.717) is 13.2 Å². The van der Waals surface area contributed by atoms with Crippen LogP contribution in [0.5, 0.6) is 5.75 Å². The van der Waals surface area contributed by atoms with E-state index >= 15 is 0 Å². The van der Waals surface area contributed by atoms with Crippen molar-refractivity contribution in [3.8, 4) is 5.75 Å². The van der Waals surface area contributed by atoms with Crippen LogP contribution in [0.25, 0.3) is 0 Å². The van der Waals surface area contributed by atoms with E-state index < -0.39 is 0 Å². The van der Waals surface area contributed by atoms with Crippen LogP contribution in [0.1, 0.15) is 13.3 Å². The van der Waals surface area contributed by atoms with Gasteiger partial charge in [0.2, 0.25) is 0 Å². The van der Waals surface area contributed by atoms with Crippen molar-refractivity contribution in [3.05, 3.63) is 60.7 Å². The highest BCUT2D eigenvalue weighted by Gasteiger charge is 2.11. The topological polar surface area (TPSA) is 32.7 Å². The number of benzene rings is 2. The molecule has 2 aromatic carbocycles. The maximum Gasteiger partial charge on any atom is 0.119 e. The molecule has 3 heteroatoms. The Morgan fingerprint density at radius 1 is 1.00 bits per heavy atom. The fourth-order valence-corrected chi connectivity index (χ4v) is 2.14. The first-order chi connectivity index (χ1) is 10.3. The monoisotopic (exact) mass is 285 g/mol. The number of aliphatic hydroxyl groups is 1. The Labute approximate surface area is 126 Å². The van der Waals surface area contributed by atoms with Crippen LogP contribution in [0.4, 0.5) is 5.69 Å². The lowest BCUT2D eigenvalue weighted by Gasteiger charge is -2.27. The Hall–Kier alpha value is -2.00. The van der Waals surface area contributed by atoms with Gasteiger partial charge >= 0.3 is 0 Å². The molecule has 0 radical (unpaired) electrons. The minimum atomic E-state index is -0.318. The van der Waals surface area contributed by atoms with E-state index in [9.17, 15) is 5.11 Å². The van der Waals surface area contributed by atoms with Crippen LogP contribution in [0.3, 0.4) is 0 Å². The van der Waals surface area contributed by atoms with Gasteiger partial charge in [0.15, 0.2) is 0 Å². The Kier molecular flexibility index (Phi) is 6.10. The third-order valence-corrected chi connectivity index (χ3v) is 3.40. The molecule has 0 fully saturated rings. The zero-order chi connectivity index (χ0) is 14.9. The Morgan fingerprint density at radius 3 is 2.24 bits per heavy atom. The van der Waals surface area contributed by atoms with Crippen molar-refractivity contribution in [1.29, 1.82) is 0 Å². The van der Waals surface area contributed by atoms with Gasteiger partial charge in [-0.1, -0.05) is 43.3 Å². The summed E-state index contributed by atoms with van der Waals surface area (Å²) in [6.45, 7) is 3.96.